The number of aliphatic imine (C=N–C) groups is 1. The lowest BCUT2D eigenvalue weighted by Crippen LogP contribution is -2.12. The van der Waals surface area contributed by atoms with Gasteiger partial charge < -0.3 is 11.1 Å². The second-order valence-electron chi connectivity index (χ2n) is 2.77. The third kappa shape index (κ3) is 2.83. The second kappa shape index (κ2) is 4.56. The summed E-state index contributed by atoms with van der Waals surface area (Å²) in [4.78, 5) is 13.8. The molecule has 1 heterocycles. The topological polar surface area (TPSA) is 93.5 Å². The largest absolute Gasteiger partial charge is 0.399 e. The van der Waals surface area contributed by atoms with Crippen LogP contribution in [0, 0.1) is 10.1 Å². The molecule has 0 spiro atoms. The van der Waals surface area contributed by atoms with Crippen LogP contribution in [0.4, 0.5) is 0 Å². The second-order valence-corrected chi connectivity index (χ2v) is 2.77. The van der Waals surface area contributed by atoms with Crippen molar-refractivity contribution in [3.63, 3.8) is 0 Å². The van der Waals surface area contributed by atoms with E-state index in [0.29, 0.717) is 0 Å². The summed E-state index contributed by atoms with van der Waals surface area (Å²) in [5.41, 5.74) is 4.89. The molecule has 0 aliphatic carbocycles. The van der Waals surface area contributed by atoms with Gasteiger partial charge in [-0.2, -0.15) is 0 Å². The molecule has 6 heteroatoms. The van der Waals surface area contributed by atoms with Gasteiger partial charge in [0.1, 0.15) is 6.21 Å². The van der Waals surface area contributed by atoms with Crippen LogP contribution in [-0.2, 0) is 0 Å². The average molecular weight is 184 g/mol. The zero-order chi connectivity index (χ0) is 9.68. The fourth-order valence-corrected chi connectivity index (χ4v) is 1.10. The Morgan fingerprint density at radius 3 is 3.00 bits per heavy atom. The Hall–Kier alpha value is -1.43. The van der Waals surface area contributed by atoms with Crippen molar-refractivity contribution in [1.29, 1.82) is 0 Å². The summed E-state index contributed by atoms with van der Waals surface area (Å²) in [6.07, 6.45) is 3.09. The van der Waals surface area contributed by atoms with Gasteiger partial charge >= 0.3 is 5.70 Å². The van der Waals surface area contributed by atoms with Crippen molar-refractivity contribution in [2.75, 3.05) is 13.1 Å². The van der Waals surface area contributed by atoms with Crippen LogP contribution in [0.25, 0.3) is 0 Å². The van der Waals surface area contributed by atoms with Crippen molar-refractivity contribution in [2.24, 2.45) is 10.7 Å². The lowest BCUT2D eigenvalue weighted by atomic mass is 10.3. The molecule has 3 N–H and O–H groups in total. The van der Waals surface area contributed by atoms with Gasteiger partial charge in [-0.1, -0.05) is 0 Å². The average Bonchev–Trinajstić information content (AvgIpc) is 2.57. The highest BCUT2D eigenvalue weighted by atomic mass is 16.6. The molecule has 0 bridgehead atoms. The summed E-state index contributed by atoms with van der Waals surface area (Å²) < 4.78 is 0. The van der Waals surface area contributed by atoms with Gasteiger partial charge in [-0.15, -0.1) is 0 Å². The van der Waals surface area contributed by atoms with E-state index in [1.165, 1.54) is 6.21 Å². The number of nitrogens with zero attached hydrogens (tertiary/aromatic N) is 2. The molecule has 1 fully saturated rings. The lowest BCUT2D eigenvalue weighted by Gasteiger charge is -1.97. The smallest absolute Gasteiger partial charge is 0.302 e. The first-order valence-corrected chi connectivity index (χ1v) is 4.04. The van der Waals surface area contributed by atoms with E-state index >= 15 is 0 Å². The number of hydrogen-bond acceptors (Lipinski definition) is 5. The third-order valence-corrected chi connectivity index (χ3v) is 1.83. The Kier molecular flexibility index (Phi) is 3.39. The predicted octanol–water partition coefficient (Wildman–Crippen LogP) is -0.504. The quantitative estimate of drug-likeness (QED) is 0.351. The molecule has 1 saturated heterocycles. The zero-order valence-electron chi connectivity index (χ0n) is 7.14. The number of nitrogens with two attached hydrogens (primary N) is 1. The molecule has 0 saturated carbocycles. The van der Waals surface area contributed by atoms with Crippen molar-refractivity contribution >= 4 is 6.21 Å². The maximum atomic E-state index is 10.3. The van der Waals surface area contributed by atoms with Crippen LogP contribution in [-0.4, -0.2) is 30.3 Å². The standard InChI is InChI=1S/C7H12N4O2/c8-3-7(11(12)13)5-10-6-1-2-9-4-6/h3,5-6,9H,1-2,4,8H2/t6-/m1/s1. The summed E-state index contributed by atoms with van der Waals surface area (Å²) in [5.74, 6) is 0. The normalized spacial score (nSPS) is 24.0. The Balaban J connectivity index is 2.49. The van der Waals surface area contributed by atoms with E-state index in [0.717, 1.165) is 25.7 Å². The first-order chi connectivity index (χ1) is 6.24. The summed E-state index contributed by atoms with van der Waals surface area (Å²) in [5, 5.41) is 13.4. The third-order valence-electron chi connectivity index (χ3n) is 1.83. The molecule has 13 heavy (non-hydrogen) atoms. The molecule has 0 aromatic rings. The van der Waals surface area contributed by atoms with E-state index in [1.54, 1.807) is 0 Å². The number of allylic oxidation sites excluding steroid dienone is 1. The van der Waals surface area contributed by atoms with Crippen LogP contribution < -0.4 is 11.1 Å². The first kappa shape index (κ1) is 9.66. The summed E-state index contributed by atoms with van der Waals surface area (Å²) >= 11 is 0. The highest BCUT2D eigenvalue weighted by Gasteiger charge is 2.13. The molecule has 0 aromatic heterocycles. The van der Waals surface area contributed by atoms with Gasteiger partial charge in [0, 0.05) is 6.54 Å². The number of hydrogen-bond donors (Lipinski definition) is 2. The van der Waals surface area contributed by atoms with E-state index in [-0.39, 0.29) is 11.7 Å². The van der Waals surface area contributed by atoms with Gasteiger partial charge in [0.25, 0.3) is 0 Å². The molecule has 6 nitrogen and oxygen atoms in total. The molecule has 0 radical (unpaired) electrons. The molecule has 0 aromatic carbocycles. The van der Waals surface area contributed by atoms with E-state index < -0.39 is 4.92 Å². The van der Waals surface area contributed by atoms with Crippen molar-refractivity contribution in [1.82, 2.24) is 5.32 Å². The van der Waals surface area contributed by atoms with Gasteiger partial charge in [0.2, 0.25) is 0 Å². The minimum Gasteiger partial charge on any atom is -0.399 e. The number of nitrogens with one attached hydrogen (secondary N) is 1. The van der Waals surface area contributed by atoms with E-state index in [2.05, 4.69) is 10.3 Å². The van der Waals surface area contributed by atoms with Crippen LogP contribution >= 0.6 is 0 Å². The van der Waals surface area contributed by atoms with Crippen molar-refractivity contribution < 1.29 is 4.92 Å². The summed E-state index contributed by atoms with van der Waals surface area (Å²) in [6, 6.07) is 0.148. The maximum absolute atomic E-state index is 10.3. The van der Waals surface area contributed by atoms with Gasteiger partial charge in [-0.25, -0.2) is 0 Å². The number of nitro groups is 1. The molecule has 0 unspecified atom stereocenters. The molecule has 1 aliphatic heterocycles. The van der Waals surface area contributed by atoms with Crippen molar-refractivity contribution in [3.8, 4) is 0 Å². The van der Waals surface area contributed by atoms with Gasteiger partial charge in [-0.05, 0) is 13.0 Å². The summed E-state index contributed by atoms with van der Waals surface area (Å²) in [7, 11) is 0. The van der Waals surface area contributed by atoms with Crippen LogP contribution in [0.1, 0.15) is 6.42 Å². The molecule has 0 amide bonds. The van der Waals surface area contributed by atoms with E-state index in [9.17, 15) is 10.1 Å². The SMILES string of the molecule is NC=C(C=N[C@@H]1CCNC1)[N+](=O)[O-]. The molecule has 1 rings (SSSR count). The Labute approximate surface area is 75.7 Å². The molecule has 1 atom stereocenters. The van der Waals surface area contributed by atoms with Gasteiger partial charge in [0.05, 0.1) is 17.2 Å². The van der Waals surface area contributed by atoms with Crippen molar-refractivity contribution in [2.45, 2.75) is 12.5 Å². The molecular weight excluding hydrogens is 172 g/mol. The highest BCUT2D eigenvalue weighted by Crippen LogP contribution is 2.02. The predicted molar refractivity (Wildman–Crippen MR) is 49.0 cm³/mol. The van der Waals surface area contributed by atoms with Gasteiger partial charge in [0.15, 0.2) is 0 Å². The first-order valence-electron chi connectivity index (χ1n) is 4.04. The Morgan fingerprint density at radius 1 is 1.77 bits per heavy atom. The van der Waals surface area contributed by atoms with Crippen LogP contribution in [0.3, 0.4) is 0 Å². The number of rotatable bonds is 3. The maximum Gasteiger partial charge on any atom is 0.302 e. The van der Waals surface area contributed by atoms with E-state index in [4.69, 9.17) is 5.73 Å². The minimum absolute atomic E-state index is 0.148. The Bertz CT molecular complexity index is 243. The summed E-state index contributed by atoms with van der Waals surface area (Å²) in [6.45, 7) is 1.70. The monoisotopic (exact) mass is 184 g/mol. The fourth-order valence-electron chi connectivity index (χ4n) is 1.10. The van der Waals surface area contributed by atoms with Gasteiger partial charge in [-0.3, -0.25) is 15.1 Å². The minimum atomic E-state index is -0.550. The van der Waals surface area contributed by atoms with Crippen LogP contribution in [0.5, 0.6) is 0 Å². The van der Waals surface area contributed by atoms with E-state index in [1.807, 2.05) is 0 Å². The van der Waals surface area contributed by atoms with Crippen molar-refractivity contribution in [3.05, 3.63) is 22.0 Å². The Morgan fingerprint density at radius 2 is 2.54 bits per heavy atom. The zero-order valence-corrected chi connectivity index (χ0v) is 7.14. The van der Waals surface area contributed by atoms with Crippen LogP contribution in [0.15, 0.2) is 16.9 Å². The fraction of sp³-hybridized carbons (Fsp3) is 0.571. The highest BCUT2D eigenvalue weighted by molar-refractivity contribution is 5.75. The van der Waals surface area contributed by atoms with Crippen LogP contribution in [0.2, 0.25) is 0 Å². The molecule has 72 valence electrons. The molecule has 1 aliphatic rings. The molecular formula is C7H12N4O2. The lowest BCUT2D eigenvalue weighted by molar-refractivity contribution is -0.414.